The molecule has 12 heavy (non-hydrogen) atoms. The van der Waals surface area contributed by atoms with Gasteiger partial charge in [-0.25, -0.2) is 4.98 Å². The molecule has 4 nitrogen and oxygen atoms in total. The molecule has 1 aromatic heterocycles. The summed E-state index contributed by atoms with van der Waals surface area (Å²) >= 11 is 1.40. The number of rotatable bonds is 3. The Kier molecular flexibility index (Phi) is 2.75. The molecule has 0 radical (unpaired) electrons. The highest BCUT2D eigenvalue weighted by atomic mass is 32.2. The maximum Gasteiger partial charge on any atom is 0.227 e. The van der Waals surface area contributed by atoms with Crippen LogP contribution >= 0.6 is 11.8 Å². The van der Waals surface area contributed by atoms with Crippen molar-refractivity contribution >= 4 is 17.7 Å². The third-order valence-electron chi connectivity index (χ3n) is 1.54. The number of aryl methyl sites for hydroxylation is 1. The molecular weight excluding hydrogens is 174 g/mol. The van der Waals surface area contributed by atoms with Crippen LogP contribution in [0.15, 0.2) is 11.2 Å². The Balaban J connectivity index is 2.63. The molecular formula is C7H11N3OS. The van der Waals surface area contributed by atoms with E-state index in [0.717, 1.165) is 10.9 Å². The van der Waals surface area contributed by atoms with E-state index >= 15 is 0 Å². The Morgan fingerprint density at radius 1 is 1.83 bits per heavy atom. The molecule has 0 atom stereocenters. The van der Waals surface area contributed by atoms with Crippen molar-refractivity contribution in [2.24, 2.45) is 12.8 Å². The molecule has 0 aliphatic heterocycles. The largest absolute Gasteiger partial charge is 0.369 e. The molecule has 0 bridgehead atoms. The maximum atomic E-state index is 10.5. The van der Waals surface area contributed by atoms with Crippen LogP contribution in [0.2, 0.25) is 0 Å². The number of hydrogen-bond donors (Lipinski definition) is 1. The predicted octanol–water partition coefficient (Wildman–Crippen LogP) is 0.306. The average Bonchev–Trinajstić information content (AvgIpc) is 2.30. The smallest absolute Gasteiger partial charge is 0.227 e. The van der Waals surface area contributed by atoms with Crippen LogP contribution in [0.3, 0.4) is 0 Å². The fourth-order valence-corrected chi connectivity index (χ4v) is 1.50. The van der Waals surface area contributed by atoms with Crippen molar-refractivity contribution in [1.29, 1.82) is 0 Å². The van der Waals surface area contributed by atoms with Gasteiger partial charge in [0, 0.05) is 7.05 Å². The van der Waals surface area contributed by atoms with E-state index in [1.54, 1.807) is 6.20 Å². The Hall–Kier alpha value is -0.970. The van der Waals surface area contributed by atoms with Crippen molar-refractivity contribution in [3.63, 3.8) is 0 Å². The molecule has 1 aromatic rings. The fraction of sp³-hybridized carbons (Fsp3) is 0.429. The molecule has 2 N–H and O–H groups in total. The summed E-state index contributed by atoms with van der Waals surface area (Å²) in [5, 5.41) is 0.964. The molecule has 0 saturated carbocycles. The lowest BCUT2D eigenvalue weighted by Gasteiger charge is -2.00. The van der Waals surface area contributed by atoms with E-state index in [1.807, 2.05) is 18.5 Å². The van der Waals surface area contributed by atoms with Gasteiger partial charge in [-0.3, -0.25) is 4.79 Å². The lowest BCUT2D eigenvalue weighted by Crippen LogP contribution is -2.13. The summed E-state index contributed by atoms with van der Waals surface area (Å²) in [5.41, 5.74) is 5.01. The number of nitrogens with two attached hydrogens (primary N) is 1. The molecule has 0 unspecified atom stereocenters. The number of primary amides is 1. The van der Waals surface area contributed by atoms with Crippen molar-refractivity contribution in [2.75, 3.05) is 5.75 Å². The van der Waals surface area contributed by atoms with Crippen LogP contribution in [0.4, 0.5) is 0 Å². The molecule has 66 valence electrons. The average molecular weight is 185 g/mol. The molecule has 1 rings (SSSR count). The molecule has 0 aromatic carbocycles. The van der Waals surface area contributed by atoms with Gasteiger partial charge in [0.1, 0.15) is 5.82 Å². The number of amides is 1. The van der Waals surface area contributed by atoms with Crippen LogP contribution in [0.1, 0.15) is 5.82 Å². The molecule has 5 heteroatoms. The van der Waals surface area contributed by atoms with Gasteiger partial charge in [-0.2, -0.15) is 0 Å². The second-order valence-corrected chi connectivity index (χ2v) is 3.45. The van der Waals surface area contributed by atoms with Gasteiger partial charge < -0.3 is 10.3 Å². The number of aromatic nitrogens is 2. The predicted molar refractivity (Wildman–Crippen MR) is 47.9 cm³/mol. The summed E-state index contributed by atoms with van der Waals surface area (Å²) in [6.45, 7) is 1.91. The summed E-state index contributed by atoms with van der Waals surface area (Å²) in [4.78, 5) is 14.5. The Labute approximate surface area is 75.2 Å². The monoisotopic (exact) mass is 185 g/mol. The molecule has 1 amide bonds. The van der Waals surface area contributed by atoms with Crippen LogP contribution < -0.4 is 5.73 Å². The van der Waals surface area contributed by atoms with Crippen molar-refractivity contribution in [2.45, 2.75) is 11.9 Å². The van der Waals surface area contributed by atoms with Gasteiger partial charge in [0.05, 0.1) is 17.0 Å². The van der Waals surface area contributed by atoms with E-state index in [1.165, 1.54) is 11.8 Å². The van der Waals surface area contributed by atoms with E-state index in [9.17, 15) is 4.79 Å². The van der Waals surface area contributed by atoms with Gasteiger partial charge in [0.2, 0.25) is 5.91 Å². The summed E-state index contributed by atoms with van der Waals surface area (Å²) < 4.78 is 1.92. The van der Waals surface area contributed by atoms with Gasteiger partial charge >= 0.3 is 0 Å². The number of hydrogen-bond acceptors (Lipinski definition) is 3. The quantitative estimate of drug-likeness (QED) is 0.689. The lowest BCUT2D eigenvalue weighted by molar-refractivity contribution is -0.115. The van der Waals surface area contributed by atoms with Crippen LogP contribution in [0, 0.1) is 6.92 Å². The zero-order valence-electron chi connectivity index (χ0n) is 7.07. The normalized spacial score (nSPS) is 10.2. The van der Waals surface area contributed by atoms with Gasteiger partial charge in [0.25, 0.3) is 0 Å². The molecule has 0 aliphatic rings. The highest BCUT2D eigenvalue weighted by Crippen LogP contribution is 2.16. The summed E-state index contributed by atoms with van der Waals surface area (Å²) in [6.07, 6.45) is 1.74. The van der Waals surface area contributed by atoms with Crippen molar-refractivity contribution in [3.05, 3.63) is 12.0 Å². The standard InChI is InChI=1S/C7H11N3OS/c1-5-9-3-7(10(5)2)12-4-6(8)11/h3H,4H2,1-2H3,(H2,8,11). The first kappa shape index (κ1) is 9.12. The third kappa shape index (κ3) is 2.01. The lowest BCUT2D eigenvalue weighted by atomic mass is 10.7. The van der Waals surface area contributed by atoms with Gasteiger partial charge in [0.15, 0.2) is 0 Å². The second kappa shape index (κ2) is 3.62. The SMILES string of the molecule is Cc1ncc(SCC(N)=O)n1C. The topological polar surface area (TPSA) is 60.9 Å². The van der Waals surface area contributed by atoms with Gasteiger partial charge in [-0.15, -0.1) is 0 Å². The van der Waals surface area contributed by atoms with E-state index in [-0.39, 0.29) is 5.91 Å². The van der Waals surface area contributed by atoms with Crippen molar-refractivity contribution in [1.82, 2.24) is 9.55 Å². The highest BCUT2D eigenvalue weighted by molar-refractivity contribution is 7.99. The minimum atomic E-state index is -0.307. The third-order valence-corrected chi connectivity index (χ3v) is 2.64. The Morgan fingerprint density at radius 2 is 2.50 bits per heavy atom. The van der Waals surface area contributed by atoms with Crippen LogP contribution in [0.5, 0.6) is 0 Å². The summed E-state index contributed by atoms with van der Waals surface area (Å²) in [5.74, 6) is 0.930. The van der Waals surface area contributed by atoms with E-state index < -0.39 is 0 Å². The van der Waals surface area contributed by atoms with Crippen LogP contribution in [-0.2, 0) is 11.8 Å². The minimum absolute atomic E-state index is 0.305. The van der Waals surface area contributed by atoms with Crippen molar-refractivity contribution in [3.8, 4) is 0 Å². The van der Waals surface area contributed by atoms with Gasteiger partial charge in [-0.05, 0) is 6.92 Å². The van der Waals surface area contributed by atoms with Crippen LogP contribution in [0.25, 0.3) is 0 Å². The maximum absolute atomic E-state index is 10.5. The summed E-state index contributed by atoms with van der Waals surface area (Å²) in [7, 11) is 1.91. The zero-order chi connectivity index (χ0) is 9.14. The Bertz CT molecular complexity index is 295. The second-order valence-electron chi connectivity index (χ2n) is 2.46. The molecule has 0 fully saturated rings. The molecule has 1 heterocycles. The highest BCUT2D eigenvalue weighted by Gasteiger charge is 2.03. The van der Waals surface area contributed by atoms with E-state index in [2.05, 4.69) is 4.98 Å². The zero-order valence-corrected chi connectivity index (χ0v) is 7.89. The molecule has 0 aliphatic carbocycles. The van der Waals surface area contributed by atoms with E-state index in [0.29, 0.717) is 5.75 Å². The Morgan fingerprint density at radius 3 is 2.92 bits per heavy atom. The number of carbonyl (C=O) groups excluding carboxylic acids is 1. The summed E-state index contributed by atoms with van der Waals surface area (Å²) in [6, 6.07) is 0. The van der Waals surface area contributed by atoms with Gasteiger partial charge in [-0.1, -0.05) is 11.8 Å². The number of thioether (sulfide) groups is 1. The first-order valence-electron chi connectivity index (χ1n) is 3.50. The molecule has 0 spiro atoms. The molecule has 0 saturated heterocycles. The number of nitrogens with zero attached hydrogens (tertiary/aromatic N) is 2. The number of carbonyl (C=O) groups is 1. The number of imidazole rings is 1. The first-order chi connectivity index (χ1) is 5.61. The first-order valence-corrected chi connectivity index (χ1v) is 4.49. The van der Waals surface area contributed by atoms with Crippen molar-refractivity contribution < 1.29 is 4.79 Å². The minimum Gasteiger partial charge on any atom is -0.369 e. The van der Waals surface area contributed by atoms with E-state index in [4.69, 9.17) is 5.73 Å². The fourth-order valence-electron chi connectivity index (χ4n) is 0.760. The van der Waals surface area contributed by atoms with Crippen LogP contribution in [-0.4, -0.2) is 21.2 Å².